The molecule has 2 aliphatic rings. The maximum Gasteiger partial charge on any atom is 0.293 e. The summed E-state index contributed by atoms with van der Waals surface area (Å²) in [5.41, 5.74) is -0.194. The molecule has 29 heavy (non-hydrogen) atoms. The number of nitro groups is 1. The second-order valence-electron chi connectivity index (χ2n) is 7.19. The fraction of sp³-hybridized carbons (Fsp3) is 0.529. The van der Waals surface area contributed by atoms with Crippen LogP contribution < -0.4 is 10.6 Å². The number of nitro benzene ring substituents is 1. The summed E-state index contributed by atoms with van der Waals surface area (Å²) >= 11 is 1.60. The zero-order chi connectivity index (χ0) is 21.4. The molecule has 2 fully saturated rings. The number of carbonyl (C=O) groups excluding carboxylic acids is 2. The highest BCUT2D eigenvalue weighted by Gasteiger charge is 2.52. The van der Waals surface area contributed by atoms with Gasteiger partial charge in [-0.15, -0.1) is 11.8 Å². The predicted molar refractivity (Wildman–Crippen MR) is 108 cm³/mol. The molecule has 2 atom stereocenters. The van der Waals surface area contributed by atoms with E-state index >= 15 is 0 Å². The van der Waals surface area contributed by atoms with E-state index < -0.39 is 20.8 Å². The molecule has 10 nitrogen and oxygen atoms in total. The SMILES string of the molecule is C[C@@]12CCC(=O)N1[C@@H](C(=O)NCCNc1ccc(S(C)(=O)=O)cc1[N+](=O)[O-])CS2. The summed E-state index contributed by atoms with van der Waals surface area (Å²) in [6.45, 7) is 2.37. The van der Waals surface area contributed by atoms with E-state index in [1.165, 1.54) is 12.1 Å². The first-order valence-corrected chi connectivity index (χ1v) is 11.9. The Hall–Kier alpha value is -2.34. The quantitative estimate of drug-likeness (QED) is 0.362. The summed E-state index contributed by atoms with van der Waals surface area (Å²) in [5.74, 6) is 0.275. The molecule has 2 saturated heterocycles. The Bertz CT molecular complexity index is 967. The summed E-state index contributed by atoms with van der Waals surface area (Å²) in [5, 5.41) is 16.8. The average molecular weight is 443 g/mol. The molecule has 0 unspecified atom stereocenters. The van der Waals surface area contributed by atoms with Crippen molar-refractivity contribution in [1.82, 2.24) is 10.2 Å². The van der Waals surface area contributed by atoms with Crippen LogP contribution in [-0.2, 0) is 19.4 Å². The Balaban J connectivity index is 1.57. The number of sulfone groups is 1. The van der Waals surface area contributed by atoms with E-state index in [0.717, 1.165) is 18.7 Å². The van der Waals surface area contributed by atoms with E-state index in [-0.39, 0.29) is 46.0 Å². The maximum atomic E-state index is 12.5. The van der Waals surface area contributed by atoms with Gasteiger partial charge < -0.3 is 15.5 Å². The van der Waals surface area contributed by atoms with Gasteiger partial charge in [0.05, 0.1) is 14.7 Å². The number of nitrogens with one attached hydrogen (secondary N) is 2. The minimum absolute atomic E-state index is 0.0163. The van der Waals surface area contributed by atoms with Gasteiger partial charge in [0, 0.05) is 37.6 Å². The fourth-order valence-corrected chi connectivity index (χ4v) is 5.63. The summed E-state index contributed by atoms with van der Waals surface area (Å²) in [4.78, 5) is 36.4. The van der Waals surface area contributed by atoms with Crippen LogP contribution in [0.1, 0.15) is 19.8 Å². The number of amides is 2. The van der Waals surface area contributed by atoms with Crippen molar-refractivity contribution in [2.24, 2.45) is 0 Å². The van der Waals surface area contributed by atoms with Crippen molar-refractivity contribution in [1.29, 1.82) is 0 Å². The van der Waals surface area contributed by atoms with E-state index in [2.05, 4.69) is 10.6 Å². The zero-order valence-corrected chi connectivity index (χ0v) is 17.6. The lowest BCUT2D eigenvalue weighted by atomic mass is 10.2. The largest absolute Gasteiger partial charge is 0.378 e. The lowest BCUT2D eigenvalue weighted by Crippen LogP contribution is -2.50. The minimum atomic E-state index is -3.56. The maximum absolute atomic E-state index is 12.5. The van der Waals surface area contributed by atoms with Crippen LogP contribution in [-0.4, -0.2) is 66.1 Å². The standard InChI is InChI=1S/C17H22N4O6S2/c1-17-6-5-15(22)20(17)14(10-28-17)16(23)19-8-7-18-12-4-3-11(29(2,26)27)9-13(12)21(24)25/h3-4,9,14,18H,5-8,10H2,1-2H3,(H,19,23)/t14-,17-/m1/s1. The molecular formula is C17H22N4O6S2. The van der Waals surface area contributed by atoms with Crippen molar-refractivity contribution in [3.8, 4) is 0 Å². The molecule has 0 aromatic heterocycles. The number of thioether (sulfide) groups is 1. The van der Waals surface area contributed by atoms with Crippen molar-refractivity contribution in [2.45, 2.75) is 35.6 Å². The van der Waals surface area contributed by atoms with E-state index in [0.29, 0.717) is 12.2 Å². The molecule has 1 aromatic rings. The molecule has 2 N–H and O–H groups in total. The van der Waals surface area contributed by atoms with Crippen LogP contribution in [0.3, 0.4) is 0 Å². The summed E-state index contributed by atoms with van der Waals surface area (Å²) in [6.07, 6.45) is 2.16. The van der Waals surface area contributed by atoms with Gasteiger partial charge in [-0.2, -0.15) is 0 Å². The van der Waals surface area contributed by atoms with Crippen molar-refractivity contribution < 1.29 is 22.9 Å². The van der Waals surface area contributed by atoms with Crippen LogP contribution >= 0.6 is 11.8 Å². The highest BCUT2D eigenvalue weighted by Crippen LogP contribution is 2.47. The molecule has 0 bridgehead atoms. The molecule has 0 spiro atoms. The monoisotopic (exact) mass is 442 g/mol. The van der Waals surface area contributed by atoms with E-state index in [1.54, 1.807) is 16.7 Å². The summed E-state index contributed by atoms with van der Waals surface area (Å²) in [7, 11) is -3.56. The number of fused-ring (bicyclic) bond motifs is 1. The average Bonchev–Trinajstić information content (AvgIpc) is 3.13. The Labute approximate surface area is 172 Å². The summed E-state index contributed by atoms with van der Waals surface area (Å²) in [6, 6.07) is 3.12. The minimum Gasteiger partial charge on any atom is -0.378 e. The smallest absolute Gasteiger partial charge is 0.293 e. The first-order valence-electron chi connectivity index (χ1n) is 8.99. The molecular weight excluding hydrogens is 420 g/mol. The number of anilines is 1. The molecule has 0 saturated carbocycles. The number of hydrogen-bond donors (Lipinski definition) is 2. The third-order valence-corrected chi connectivity index (χ3v) is 7.70. The first-order chi connectivity index (χ1) is 13.5. The molecule has 3 rings (SSSR count). The van der Waals surface area contributed by atoms with Crippen LogP contribution in [0.25, 0.3) is 0 Å². The van der Waals surface area contributed by atoms with Crippen molar-refractivity contribution >= 4 is 44.8 Å². The molecule has 158 valence electrons. The highest BCUT2D eigenvalue weighted by molar-refractivity contribution is 8.01. The van der Waals surface area contributed by atoms with Gasteiger partial charge in [0.15, 0.2) is 9.84 Å². The Morgan fingerprint density at radius 1 is 1.41 bits per heavy atom. The van der Waals surface area contributed by atoms with Gasteiger partial charge in [0.1, 0.15) is 11.7 Å². The van der Waals surface area contributed by atoms with E-state index in [9.17, 15) is 28.1 Å². The van der Waals surface area contributed by atoms with Gasteiger partial charge >= 0.3 is 0 Å². The number of rotatable bonds is 7. The van der Waals surface area contributed by atoms with Crippen molar-refractivity contribution in [3.63, 3.8) is 0 Å². The van der Waals surface area contributed by atoms with Crippen LogP contribution in [0.15, 0.2) is 23.1 Å². The van der Waals surface area contributed by atoms with Crippen molar-refractivity contribution in [2.75, 3.05) is 30.4 Å². The molecule has 1 aromatic carbocycles. The van der Waals surface area contributed by atoms with Gasteiger partial charge in [0.2, 0.25) is 11.8 Å². The Morgan fingerprint density at radius 3 is 2.79 bits per heavy atom. The zero-order valence-electron chi connectivity index (χ0n) is 16.0. The number of carbonyl (C=O) groups is 2. The molecule has 12 heteroatoms. The van der Waals surface area contributed by atoms with Gasteiger partial charge in [-0.1, -0.05) is 0 Å². The van der Waals surface area contributed by atoms with E-state index in [1.807, 2.05) is 6.92 Å². The van der Waals surface area contributed by atoms with Gasteiger partial charge in [-0.05, 0) is 25.5 Å². The lowest BCUT2D eigenvalue weighted by molar-refractivity contribution is -0.384. The second-order valence-corrected chi connectivity index (χ2v) is 10.7. The molecule has 0 aliphatic carbocycles. The normalized spacial score (nSPS) is 23.7. The van der Waals surface area contributed by atoms with Gasteiger partial charge in [-0.25, -0.2) is 8.42 Å². The van der Waals surface area contributed by atoms with Crippen LogP contribution in [0, 0.1) is 10.1 Å². The third-order valence-electron chi connectivity index (χ3n) is 5.08. The Morgan fingerprint density at radius 2 is 2.14 bits per heavy atom. The van der Waals surface area contributed by atoms with Gasteiger partial charge in [-0.3, -0.25) is 19.7 Å². The number of nitrogens with zero attached hydrogens (tertiary/aromatic N) is 2. The fourth-order valence-electron chi connectivity index (χ4n) is 3.56. The van der Waals surface area contributed by atoms with Crippen LogP contribution in [0.4, 0.5) is 11.4 Å². The highest BCUT2D eigenvalue weighted by atomic mass is 32.2. The molecule has 2 heterocycles. The molecule has 2 aliphatic heterocycles. The molecule has 2 amide bonds. The van der Waals surface area contributed by atoms with Crippen molar-refractivity contribution in [3.05, 3.63) is 28.3 Å². The Kier molecular flexibility index (Phi) is 5.77. The second kappa shape index (κ2) is 7.82. The number of hydrogen-bond acceptors (Lipinski definition) is 8. The third kappa shape index (κ3) is 4.32. The lowest BCUT2D eigenvalue weighted by Gasteiger charge is -2.29. The van der Waals surface area contributed by atoms with Gasteiger partial charge in [0.25, 0.3) is 5.69 Å². The first kappa shape index (κ1) is 21.4. The van der Waals surface area contributed by atoms with Crippen LogP contribution in [0.2, 0.25) is 0 Å². The predicted octanol–water partition coefficient (Wildman–Crippen LogP) is 0.980. The molecule has 0 radical (unpaired) electrons. The van der Waals surface area contributed by atoms with E-state index in [4.69, 9.17) is 0 Å². The van der Waals surface area contributed by atoms with Crippen LogP contribution in [0.5, 0.6) is 0 Å². The number of benzene rings is 1. The summed E-state index contributed by atoms with van der Waals surface area (Å²) < 4.78 is 23.2. The topological polar surface area (TPSA) is 139 Å².